The van der Waals surface area contributed by atoms with Crippen LogP contribution in [-0.2, 0) is 4.79 Å². The number of amides is 2. The number of carbonyl (C=O) groups excluding carboxylic acids is 2. The van der Waals surface area contributed by atoms with Crippen LogP contribution in [-0.4, -0.2) is 22.3 Å². The molecule has 0 aliphatic rings. The molecule has 0 saturated carbocycles. The van der Waals surface area contributed by atoms with Gasteiger partial charge in [0.1, 0.15) is 5.82 Å². The molecule has 2 heterocycles. The van der Waals surface area contributed by atoms with Crippen molar-refractivity contribution in [2.24, 2.45) is 0 Å². The van der Waals surface area contributed by atoms with Gasteiger partial charge in [0.25, 0.3) is 5.91 Å². The second kappa shape index (κ2) is 9.85. The third-order valence-electron chi connectivity index (χ3n) is 2.58. The number of nitrogens with one attached hydrogen (secondary N) is 2. The number of carbonyl (C=O) groups is 2. The predicted molar refractivity (Wildman–Crippen MR) is 81.1 cm³/mol. The molecule has 23 heavy (non-hydrogen) atoms. The van der Waals surface area contributed by atoms with Crippen LogP contribution in [0.4, 0.5) is 15.9 Å². The molecule has 1 radical (unpaired) electrons. The van der Waals surface area contributed by atoms with E-state index in [-0.39, 0.29) is 60.1 Å². The smallest absolute Gasteiger partial charge is 0.257 e. The maximum atomic E-state index is 13.5. The summed E-state index contributed by atoms with van der Waals surface area (Å²) in [6.45, 7) is 1.75. The zero-order valence-corrected chi connectivity index (χ0v) is 16.8. The summed E-state index contributed by atoms with van der Waals surface area (Å²) in [5, 5.41) is 4.26. The average Bonchev–Trinajstić information content (AvgIpc) is 2.45. The Balaban J connectivity index is 0.00000242. The molecule has 2 aromatic rings. The molecule has 2 aromatic heterocycles. The van der Waals surface area contributed by atoms with Crippen molar-refractivity contribution in [2.45, 2.75) is 6.92 Å². The number of rotatable bonds is 4. The second-order valence-electron chi connectivity index (χ2n) is 3.99. The van der Waals surface area contributed by atoms with Crippen LogP contribution in [0.5, 0.6) is 0 Å². The molecule has 0 fully saturated rings. The number of anilines is 2. The molecule has 0 bridgehead atoms. The van der Waals surface area contributed by atoms with Crippen molar-refractivity contribution in [3.8, 4) is 0 Å². The number of hydrogen-bond acceptors (Lipinski definition) is 4. The first-order valence-electron chi connectivity index (χ1n) is 5.73. The molecule has 6 nitrogen and oxygen atoms in total. The first kappa shape index (κ1) is 21.8. The molecule has 2 amide bonds. The van der Waals surface area contributed by atoms with Crippen LogP contribution in [0, 0.1) is 67.7 Å². The van der Waals surface area contributed by atoms with E-state index < -0.39 is 16.9 Å². The maximum Gasteiger partial charge on any atom is 0.257 e. The summed E-state index contributed by atoms with van der Waals surface area (Å²) in [6.07, 6.45) is 4.44. The van der Waals surface area contributed by atoms with E-state index in [1.54, 1.807) is 13.0 Å². The summed E-state index contributed by atoms with van der Waals surface area (Å²) in [5.41, 5.74) is 0.904. The maximum absolute atomic E-state index is 13.5. The molecule has 2 rings (SSSR count). The Kier molecular flexibility index (Phi) is 9.35. The third kappa shape index (κ3) is 5.44. The van der Waals surface area contributed by atoms with Gasteiger partial charge in [-0.15, -0.1) is 5.56 Å². The van der Waals surface area contributed by atoms with Gasteiger partial charge in [-0.3, -0.25) is 9.59 Å². The van der Waals surface area contributed by atoms with Gasteiger partial charge in [0.05, 0.1) is 5.56 Å². The fourth-order valence-electron chi connectivity index (χ4n) is 1.54. The molecule has 0 atom stereocenters. The molecule has 0 spiro atoms. The van der Waals surface area contributed by atoms with E-state index in [1.807, 2.05) is 0 Å². The van der Waals surface area contributed by atoms with E-state index >= 15 is 0 Å². The van der Waals surface area contributed by atoms with Gasteiger partial charge in [0.2, 0.25) is 6.41 Å². The van der Waals surface area contributed by atoms with Crippen molar-refractivity contribution < 1.29 is 55.3 Å². The first-order chi connectivity index (χ1) is 10.0. The number of aryl methyl sites for hydroxylation is 1. The summed E-state index contributed by atoms with van der Waals surface area (Å²) in [7, 11) is 0. The molecule has 0 unspecified atom stereocenters. The normalized spacial score (nSPS) is 9.17. The predicted octanol–water partition coefficient (Wildman–Crippen LogP) is 2.65. The Morgan fingerprint density at radius 3 is 2.78 bits per heavy atom. The third-order valence-corrected chi connectivity index (χ3v) is 2.85. The summed E-state index contributed by atoms with van der Waals surface area (Å²) in [6, 6.07) is 2.57. The monoisotopic (exact) mass is 463 g/mol. The quantitative estimate of drug-likeness (QED) is 0.415. The Morgan fingerprint density at radius 2 is 2.17 bits per heavy atom. The Labute approximate surface area is 171 Å². The van der Waals surface area contributed by atoms with Gasteiger partial charge in [0, 0.05) is 41.3 Å². The zero-order valence-electron chi connectivity index (χ0n) is 12.4. The fraction of sp³-hybridized carbons (Fsp3) is 0.0714. The van der Waals surface area contributed by atoms with E-state index in [0.29, 0.717) is 12.1 Å². The van der Waals surface area contributed by atoms with Gasteiger partial charge in [-0.25, -0.2) is 9.37 Å². The van der Waals surface area contributed by atoms with Crippen molar-refractivity contribution in [2.75, 3.05) is 10.6 Å². The summed E-state index contributed by atoms with van der Waals surface area (Å²) in [5.74, 6) is -1.68. The zero-order chi connectivity index (χ0) is 15.4. The van der Waals surface area contributed by atoms with Crippen LogP contribution >= 0.6 is 11.6 Å². The van der Waals surface area contributed by atoms with Crippen molar-refractivity contribution in [3.05, 3.63) is 54.1 Å². The van der Waals surface area contributed by atoms with Crippen LogP contribution in [0.3, 0.4) is 0 Å². The Morgan fingerprint density at radius 1 is 1.48 bits per heavy atom. The van der Waals surface area contributed by atoms with Crippen molar-refractivity contribution in [1.29, 1.82) is 0 Å². The largest absolute Gasteiger partial charge is 0.392 e. The summed E-state index contributed by atoms with van der Waals surface area (Å²) < 4.78 is 13.5. The summed E-state index contributed by atoms with van der Waals surface area (Å²) in [4.78, 5) is 30.1. The number of pyridine rings is 2. The molecule has 2 N–H and O–H groups in total. The van der Waals surface area contributed by atoms with Gasteiger partial charge >= 0.3 is 0 Å². The van der Waals surface area contributed by atoms with Gasteiger partial charge in [0.15, 0.2) is 11.0 Å². The van der Waals surface area contributed by atoms with Gasteiger partial charge < -0.3 is 23.0 Å². The van der Waals surface area contributed by atoms with Crippen LogP contribution in [0.15, 0.2) is 18.3 Å². The van der Waals surface area contributed by atoms with Crippen LogP contribution in [0.25, 0.3) is 0 Å². The van der Waals surface area contributed by atoms with Gasteiger partial charge in [-0.05, 0) is 6.07 Å². The van der Waals surface area contributed by atoms with Crippen LogP contribution in [0.2, 0.25) is 5.15 Å². The molecule has 0 saturated heterocycles. The average molecular weight is 464 g/mol. The first-order valence-corrected chi connectivity index (χ1v) is 6.11. The van der Waals surface area contributed by atoms with E-state index in [9.17, 15) is 14.0 Å². The molecule has 0 aliphatic heterocycles. The van der Waals surface area contributed by atoms with Crippen molar-refractivity contribution in [3.63, 3.8) is 0 Å². The number of nitrogens with zero attached hydrogens (tertiary/aromatic N) is 2. The molecule has 0 aliphatic carbocycles. The van der Waals surface area contributed by atoms with E-state index in [1.165, 1.54) is 6.20 Å². The van der Waals surface area contributed by atoms with E-state index in [0.717, 1.165) is 11.6 Å². The van der Waals surface area contributed by atoms with Gasteiger partial charge in [-0.2, -0.15) is 6.07 Å². The Bertz CT molecular complexity index is 715. The van der Waals surface area contributed by atoms with Gasteiger partial charge in [-0.1, -0.05) is 36.6 Å². The molecular weight excluding hydrogens is 452 g/mol. The molecular formula is C14H12ClFN4O2Pr-2. The summed E-state index contributed by atoms with van der Waals surface area (Å²) >= 11 is 5.52. The number of halogens is 2. The van der Waals surface area contributed by atoms with Crippen LogP contribution < -0.4 is 10.6 Å². The van der Waals surface area contributed by atoms with Crippen molar-refractivity contribution in [1.82, 2.24) is 9.97 Å². The molecule has 119 valence electrons. The minimum Gasteiger partial charge on any atom is -0.392 e. The van der Waals surface area contributed by atoms with E-state index in [4.69, 9.17) is 11.6 Å². The standard InChI is InChI=1S/C13H9ClFN4O2.CH3.Pr/c1-7-2-3-16-5-10(7)18-13(21)8-4-9(15)11(14)19-12(8)17-6-20;;/h2-4,6H,1H3,(H,18,21)(H,17,19,20);1H3;/q2*-1;. The fourth-order valence-corrected chi connectivity index (χ4v) is 1.67. The van der Waals surface area contributed by atoms with Crippen molar-refractivity contribution >= 4 is 35.4 Å². The molecule has 0 aromatic carbocycles. The number of hydrogen-bond donors (Lipinski definition) is 2. The SMILES string of the molecule is Cc1ccn[c-]c1NC(=O)c1cc(F)c(Cl)nc1NC=O.[CH3-].[Pr]. The Hall–Kier alpha value is -1.18. The molecule has 9 heteroatoms. The second-order valence-corrected chi connectivity index (χ2v) is 4.35. The van der Waals surface area contributed by atoms with Crippen LogP contribution in [0.1, 0.15) is 15.9 Å². The topological polar surface area (TPSA) is 84.0 Å². The van der Waals surface area contributed by atoms with E-state index in [2.05, 4.69) is 26.8 Å². The minimum absolute atomic E-state index is 0. The minimum atomic E-state index is -0.870. The number of aromatic nitrogens is 2.